The zero-order valence-corrected chi connectivity index (χ0v) is 16.8. The van der Waals surface area contributed by atoms with Crippen LogP contribution in [0, 0.1) is 19.7 Å². The average molecular weight is 365 g/mol. The van der Waals surface area contributed by atoms with Gasteiger partial charge in [0.2, 0.25) is 0 Å². The molecule has 2 aromatic carbocycles. The van der Waals surface area contributed by atoms with E-state index in [0.29, 0.717) is 6.04 Å². The van der Waals surface area contributed by atoms with Crippen LogP contribution >= 0.6 is 0 Å². The molecule has 0 radical (unpaired) electrons. The molecule has 2 heterocycles. The number of halogens is 1. The Kier molecular flexibility index (Phi) is 4.81. The summed E-state index contributed by atoms with van der Waals surface area (Å²) in [6.45, 7) is 11.6. The van der Waals surface area contributed by atoms with Crippen LogP contribution in [0.5, 0.6) is 0 Å². The Morgan fingerprint density at radius 2 is 1.85 bits per heavy atom. The molecule has 0 spiro atoms. The Morgan fingerprint density at radius 3 is 2.59 bits per heavy atom. The van der Waals surface area contributed by atoms with Crippen LogP contribution in [-0.4, -0.2) is 22.1 Å². The second kappa shape index (κ2) is 7.12. The first kappa shape index (κ1) is 18.2. The SMILES string of the molecule is CCN1Cc2c(n(CCc3ccccc3C)c3c(F)ccc(C)c23)CC1C. The topological polar surface area (TPSA) is 8.17 Å². The van der Waals surface area contributed by atoms with Crippen LogP contribution in [0.3, 0.4) is 0 Å². The molecule has 1 atom stereocenters. The van der Waals surface area contributed by atoms with E-state index in [1.54, 1.807) is 6.07 Å². The maximum atomic E-state index is 15.0. The lowest BCUT2D eigenvalue weighted by Crippen LogP contribution is -2.38. The lowest BCUT2D eigenvalue weighted by molar-refractivity contribution is 0.192. The highest BCUT2D eigenvalue weighted by Crippen LogP contribution is 2.36. The molecule has 1 aromatic heterocycles. The zero-order chi connectivity index (χ0) is 19.1. The van der Waals surface area contributed by atoms with Crippen LogP contribution in [0.15, 0.2) is 36.4 Å². The summed E-state index contributed by atoms with van der Waals surface area (Å²) >= 11 is 0. The molecule has 1 aliphatic rings. The van der Waals surface area contributed by atoms with E-state index < -0.39 is 0 Å². The first-order valence-corrected chi connectivity index (χ1v) is 10.1. The van der Waals surface area contributed by atoms with Crippen molar-refractivity contribution in [1.29, 1.82) is 0 Å². The van der Waals surface area contributed by atoms with Crippen molar-refractivity contribution >= 4 is 10.9 Å². The molecule has 4 rings (SSSR count). The lowest BCUT2D eigenvalue weighted by atomic mass is 9.97. The zero-order valence-electron chi connectivity index (χ0n) is 16.8. The Labute approximate surface area is 161 Å². The average Bonchev–Trinajstić information content (AvgIpc) is 2.98. The highest BCUT2D eigenvalue weighted by atomic mass is 19.1. The smallest absolute Gasteiger partial charge is 0.147 e. The van der Waals surface area contributed by atoms with E-state index in [-0.39, 0.29) is 5.82 Å². The monoisotopic (exact) mass is 364 g/mol. The Balaban J connectivity index is 1.84. The first-order chi connectivity index (χ1) is 13.0. The summed E-state index contributed by atoms with van der Waals surface area (Å²) in [7, 11) is 0. The molecule has 0 bridgehead atoms. The summed E-state index contributed by atoms with van der Waals surface area (Å²) in [6, 6.07) is 12.6. The van der Waals surface area contributed by atoms with Gasteiger partial charge in [-0.15, -0.1) is 0 Å². The van der Waals surface area contributed by atoms with Crippen molar-refractivity contribution in [3.63, 3.8) is 0 Å². The van der Waals surface area contributed by atoms with Crippen molar-refractivity contribution in [3.8, 4) is 0 Å². The molecule has 1 unspecified atom stereocenters. The molecule has 142 valence electrons. The van der Waals surface area contributed by atoms with Gasteiger partial charge in [-0.05, 0) is 62.1 Å². The van der Waals surface area contributed by atoms with Gasteiger partial charge >= 0.3 is 0 Å². The highest BCUT2D eigenvalue weighted by Gasteiger charge is 2.29. The number of aromatic nitrogens is 1. The predicted octanol–water partition coefficient (Wildman–Crippen LogP) is 5.41. The Morgan fingerprint density at radius 1 is 1.07 bits per heavy atom. The number of rotatable bonds is 4. The second-order valence-electron chi connectivity index (χ2n) is 7.96. The third kappa shape index (κ3) is 3.08. The van der Waals surface area contributed by atoms with Gasteiger partial charge in [0.05, 0.1) is 5.52 Å². The third-order valence-corrected chi connectivity index (χ3v) is 6.33. The third-order valence-electron chi connectivity index (χ3n) is 6.33. The van der Waals surface area contributed by atoms with E-state index in [9.17, 15) is 4.39 Å². The van der Waals surface area contributed by atoms with E-state index in [1.807, 2.05) is 6.07 Å². The number of fused-ring (bicyclic) bond motifs is 3. The number of likely N-dealkylation sites (N-methyl/N-ethyl adjacent to an activating group) is 1. The minimum absolute atomic E-state index is 0.0921. The van der Waals surface area contributed by atoms with Crippen LogP contribution in [-0.2, 0) is 25.9 Å². The maximum absolute atomic E-state index is 15.0. The van der Waals surface area contributed by atoms with Crippen LogP contribution < -0.4 is 0 Å². The summed E-state index contributed by atoms with van der Waals surface area (Å²) in [5, 5.41) is 1.14. The van der Waals surface area contributed by atoms with Gasteiger partial charge in [-0.1, -0.05) is 37.3 Å². The molecule has 2 nitrogen and oxygen atoms in total. The van der Waals surface area contributed by atoms with E-state index in [1.165, 1.54) is 27.9 Å². The fourth-order valence-electron chi connectivity index (χ4n) is 4.72. The van der Waals surface area contributed by atoms with Crippen molar-refractivity contribution in [3.05, 3.63) is 70.2 Å². The van der Waals surface area contributed by atoms with E-state index in [4.69, 9.17) is 0 Å². The van der Waals surface area contributed by atoms with Gasteiger partial charge in [-0.2, -0.15) is 0 Å². The molecule has 0 saturated carbocycles. The molecule has 0 N–H and O–H groups in total. The summed E-state index contributed by atoms with van der Waals surface area (Å²) < 4.78 is 17.2. The van der Waals surface area contributed by atoms with Crippen molar-refractivity contribution in [2.24, 2.45) is 0 Å². The van der Waals surface area contributed by atoms with Gasteiger partial charge in [0.25, 0.3) is 0 Å². The maximum Gasteiger partial charge on any atom is 0.147 e. The number of benzene rings is 2. The van der Waals surface area contributed by atoms with Gasteiger partial charge in [-0.25, -0.2) is 4.39 Å². The number of nitrogens with zero attached hydrogens (tertiary/aromatic N) is 2. The first-order valence-electron chi connectivity index (χ1n) is 10.1. The Bertz CT molecular complexity index is 986. The van der Waals surface area contributed by atoms with E-state index >= 15 is 0 Å². The normalized spacial score (nSPS) is 17.4. The Hall–Kier alpha value is -2.13. The largest absolute Gasteiger partial charge is 0.341 e. The summed E-state index contributed by atoms with van der Waals surface area (Å²) in [6.07, 6.45) is 1.92. The van der Waals surface area contributed by atoms with Crippen molar-refractivity contribution in [2.75, 3.05) is 6.54 Å². The van der Waals surface area contributed by atoms with E-state index in [0.717, 1.165) is 43.4 Å². The van der Waals surface area contributed by atoms with Crippen molar-refractivity contribution in [2.45, 2.75) is 59.7 Å². The quantitative estimate of drug-likeness (QED) is 0.601. The number of hydrogen-bond donors (Lipinski definition) is 0. The molecule has 0 amide bonds. The van der Waals surface area contributed by atoms with Crippen LogP contribution in [0.1, 0.15) is 41.8 Å². The van der Waals surface area contributed by atoms with Gasteiger partial charge < -0.3 is 4.57 Å². The fraction of sp³-hybridized carbons (Fsp3) is 0.417. The van der Waals surface area contributed by atoms with Crippen LogP contribution in [0.25, 0.3) is 10.9 Å². The highest BCUT2D eigenvalue weighted by molar-refractivity contribution is 5.89. The number of hydrogen-bond acceptors (Lipinski definition) is 1. The summed E-state index contributed by atoms with van der Waals surface area (Å²) in [5.41, 5.74) is 7.32. The lowest BCUT2D eigenvalue weighted by Gasteiger charge is -2.33. The molecule has 0 aliphatic carbocycles. The molecule has 0 fully saturated rings. The molecular formula is C24H29FN2. The van der Waals surface area contributed by atoms with Gasteiger partial charge in [0.1, 0.15) is 5.82 Å². The van der Waals surface area contributed by atoms with Gasteiger partial charge in [0.15, 0.2) is 0 Å². The molecular weight excluding hydrogens is 335 g/mol. The summed E-state index contributed by atoms with van der Waals surface area (Å²) in [5.74, 6) is -0.0921. The molecule has 27 heavy (non-hydrogen) atoms. The van der Waals surface area contributed by atoms with E-state index in [2.05, 4.69) is 61.4 Å². The van der Waals surface area contributed by atoms with Crippen LogP contribution in [0.4, 0.5) is 4.39 Å². The molecule has 3 aromatic rings. The standard InChI is InChI=1S/C24H29FN2/c1-5-26-15-20-22(14-18(26)4)27(13-12-19-9-7-6-8-16(19)2)24-21(25)11-10-17(3)23(20)24/h6-11,18H,5,12-15H2,1-4H3. The predicted molar refractivity (Wildman–Crippen MR) is 111 cm³/mol. The van der Waals surface area contributed by atoms with Gasteiger partial charge in [-0.3, -0.25) is 4.90 Å². The van der Waals surface area contributed by atoms with Gasteiger partial charge in [0, 0.05) is 36.6 Å². The molecule has 1 aliphatic heterocycles. The van der Waals surface area contributed by atoms with Crippen molar-refractivity contribution < 1.29 is 4.39 Å². The minimum Gasteiger partial charge on any atom is -0.341 e. The van der Waals surface area contributed by atoms with Crippen molar-refractivity contribution in [1.82, 2.24) is 9.47 Å². The summed E-state index contributed by atoms with van der Waals surface area (Å²) in [4.78, 5) is 2.50. The molecule has 3 heteroatoms. The minimum atomic E-state index is -0.0921. The molecule has 0 saturated heterocycles. The fourth-order valence-corrected chi connectivity index (χ4v) is 4.72. The second-order valence-corrected chi connectivity index (χ2v) is 7.96. The number of aryl methyl sites for hydroxylation is 4. The van der Waals surface area contributed by atoms with Crippen LogP contribution in [0.2, 0.25) is 0 Å².